The molecule has 0 saturated heterocycles. The maximum atomic E-state index is 13.1. The molecule has 94 heavy (non-hydrogen) atoms. The summed E-state index contributed by atoms with van der Waals surface area (Å²) in [6.07, 6.45) is 54.3. The van der Waals surface area contributed by atoms with Crippen LogP contribution in [0.1, 0.15) is 388 Å². The highest BCUT2D eigenvalue weighted by molar-refractivity contribution is 7.47. The van der Waals surface area contributed by atoms with Gasteiger partial charge < -0.3 is 33.8 Å². The zero-order chi connectivity index (χ0) is 69.3. The van der Waals surface area contributed by atoms with Crippen LogP contribution in [0.2, 0.25) is 0 Å². The van der Waals surface area contributed by atoms with Crippen LogP contribution in [0.15, 0.2) is 0 Å². The lowest BCUT2D eigenvalue weighted by Crippen LogP contribution is -2.30. The quantitative estimate of drug-likeness (QED) is 0.0222. The summed E-state index contributed by atoms with van der Waals surface area (Å²) in [5.74, 6) is -0.594. The van der Waals surface area contributed by atoms with Gasteiger partial charge in [0.1, 0.15) is 19.3 Å². The molecule has 0 radical (unpaired) electrons. The lowest BCUT2D eigenvalue weighted by Gasteiger charge is -2.21. The van der Waals surface area contributed by atoms with Crippen LogP contribution in [0.4, 0.5) is 0 Å². The van der Waals surface area contributed by atoms with Crippen LogP contribution in [-0.2, 0) is 65.4 Å². The molecule has 0 fully saturated rings. The van der Waals surface area contributed by atoms with E-state index in [2.05, 4.69) is 41.5 Å². The van der Waals surface area contributed by atoms with Gasteiger partial charge in [0.05, 0.1) is 26.4 Å². The molecule has 17 nitrogen and oxygen atoms in total. The van der Waals surface area contributed by atoms with E-state index in [9.17, 15) is 43.2 Å². The minimum atomic E-state index is -4.96. The van der Waals surface area contributed by atoms with Crippen LogP contribution in [0.25, 0.3) is 0 Å². The predicted molar refractivity (Wildman–Crippen MR) is 381 cm³/mol. The fraction of sp³-hybridized carbons (Fsp3) is 0.947. The standard InChI is InChI=1S/C75H146O17P2/c1-7-9-11-13-15-16-17-18-19-20-21-22-23-26-30-35-41-47-53-59-74(79)92-71(64-86-73(78)58-52-46-40-34-29-27-24-25-28-32-38-43-49-55-67(3)4)66-90-94(83,84)88-62-69(76)61-87-93(81,82)89-65-70(63-85-72(77)57-51-45-37-14-12-10-8-2)91-75(80)60-54-48-42-36-31-33-39-44-50-56-68(5)6/h67-71,76H,7-66H2,1-6H3,(H,81,82)(H,83,84)/t69-,70+,71+/m0/s1. The zero-order valence-electron chi connectivity index (χ0n) is 61.3. The van der Waals surface area contributed by atoms with Gasteiger partial charge in [-0.25, -0.2) is 9.13 Å². The van der Waals surface area contributed by atoms with Gasteiger partial charge in [-0.15, -0.1) is 0 Å². The van der Waals surface area contributed by atoms with Gasteiger partial charge in [-0.05, 0) is 37.5 Å². The number of unbranched alkanes of at least 4 members (excludes halogenated alkanes) is 44. The molecule has 0 saturated carbocycles. The van der Waals surface area contributed by atoms with E-state index in [1.54, 1.807) is 0 Å². The first-order valence-corrected chi connectivity index (χ1v) is 42.0. The van der Waals surface area contributed by atoms with E-state index in [-0.39, 0.29) is 25.7 Å². The van der Waals surface area contributed by atoms with Crippen molar-refractivity contribution in [3.8, 4) is 0 Å². The van der Waals surface area contributed by atoms with Crippen molar-refractivity contribution >= 4 is 39.5 Å². The highest BCUT2D eigenvalue weighted by Crippen LogP contribution is 2.45. The number of phosphoric acid groups is 2. The Labute approximate surface area is 575 Å². The van der Waals surface area contributed by atoms with Gasteiger partial charge >= 0.3 is 39.5 Å². The lowest BCUT2D eigenvalue weighted by molar-refractivity contribution is -0.161. The molecule has 558 valence electrons. The smallest absolute Gasteiger partial charge is 0.462 e. The normalized spacial score (nSPS) is 14.0. The summed E-state index contributed by atoms with van der Waals surface area (Å²) in [7, 11) is -9.90. The third-order valence-electron chi connectivity index (χ3n) is 17.5. The molecule has 5 atom stereocenters. The second-order valence-electron chi connectivity index (χ2n) is 28.0. The molecule has 0 aliphatic carbocycles. The Bertz CT molecular complexity index is 1820. The fourth-order valence-electron chi connectivity index (χ4n) is 11.5. The van der Waals surface area contributed by atoms with E-state index < -0.39 is 97.5 Å². The van der Waals surface area contributed by atoms with E-state index in [0.717, 1.165) is 115 Å². The molecule has 19 heteroatoms. The zero-order valence-corrected chi connectivity index (χ0v) is 63.1. The molecular formula is C75H146O17P2. The van der Waals surface area contributed by atoms with Crippen LogP contribution >= 0.6 is 15.6 Å². The molecule has 0 aromatic rings. The third-order valence-corrected chi connectivity index (χ3v) is 19.4. The van der Waals surface area contributed by atoms with Crippen molar-refractivity contribution in [1.29, 1.82) is 0 Å². The number of rotatable bonds is 74. The summed E-state index contributed by atoms with van der Waals surface area (Å²) < 4.78 is 68.4. The van der Waals surface area contributed by atoms with Crippen molar-refractivity contribution in [2.45, 2.75) is 407 Å². The summed E-state index contributed by atoms with van der Waals surface area (Å²) in [4.78, 5) is 72.6. The van der Waals surface area contributed by atoms with Crippen molar-refractivity contribution < 1.29 is 80.2 Å². The van der Waals surface area contributed by atoms with Crippen LogP contribution in [-0.4, -0.2) is 96.7 Å². The van der Waals surface area contributed by atoms with Gasteiger partial charge in [0, 0.05) is 25.7 Å². The molecule has 0 bridgehead atoms. The average molecular weight is 1380 g/mol. The fourth-order valence-corrected chi connectivity index (χ4v) is 13.1. The highest BCUT2D eigenvalue weighted by Gasteiger charge is 2.30. The van der Waals surface area contributed by atoms with Crippen molar-refractivity contribution in [3.63, 3.8) is 0 Å². The molecule has 0 aliphatic heterocycles. The molecule has 0 heterocycles. The van der Waals surface area contributed by atoms with Crippen molar-refractivity contribution in [1.82, 2.24) is 0 Å². The van der Waals surface area contributed by atoms with Crippen molar-refractivity contribution in [2.75, 3.05) is 39.6 Å². The largest absolute Gasteiger partial charge is 0.472 e. The maximum absolute atomic E-state index is 13.1. The second-order valence-corrected chi connectivity index (χ2v) is 30.9. The predicted octanol–water partition coefficient (Wildman–Crippen LogP) is 21.9. The summed E-state index contributed by atoms with van der Waals surface area (Å²) in [6, 6.07) is 0. The topological polar surface area (TPSA) is 237 Å². The first kappa shape index (κ1) is 92.1. The van der Waals surface area contributed by atoms with Crippen LogP contribution in [0.5, 0.6) is 0 Å². The Hall–Kier alpha value is -1.94. The van der Waals surface area contributed by atoms with Crippen molar-refractivity contribution in [2.24, 2.45) is 11.8 Å². The molecule has 2 unspecified atom stereocenters. The number of hydrogen-bond acceptors (Lipinski definition) is 15. The van der Waals surface area contributed by atoms with Crippen LogP contribution < -0.4 is 0 Å². The van der Waals surface area contributed by atoms with Crippen LogP contribution in [0.3, 0.4) is 0 Å². The number of carbonyl (C=O) groups excluding carboxylic acids is 4. The number of aliphatic hydroxyl groups excluding tert-OH is 1. The molecule has 0 aromatic heterocycles. The van der Waals surface area contributed by atoms with Gasteiger partial charge in [0.15, 0.2) is 12.2 Å². The average Bonchev–Trinajstić information content (AvgIpc) is 1.19. The van der Waals surface area contributed by atoms with E-state index in [0.29, 0.717) is 25.7 Å². The number of phosphoric ester groups is 2. The Kier molecular flexibility index (Phi) is 65.5. The number of hydrogen-bond donors (Lipinski definition) is 3. The van der Waals surface area contributed by atoms with Gasteiger partial charge in [-0.1, -0.05) is 337 Å². The number of ether oxygens (including phenoxy) is 4. The number of carbonyl (C=O) groups is 4. The molecule has 0 amide bonds. The van der Waals surface area contributed by atoms with E-state index in [1.807, 2.05) is 0 Å². The van der Waals surface area contributed by atoms with Gasteiger partial charge in [-0.2, -0.15) is 0 Å². The van der Waals surface area contributed by atoms with E-state index >= 15 is 0 Å². The number of aliphatic hydroxyl groups is 1. The van der Waals surface area contributed by atoms with Crippen LogP contribution in [0, 0.1) is 11.8 Å². The minimum Gasteiger partial charge on any atom is -0.462 e. The summed E-state index contributed by atoms with van der Waals surface area (Å²) in [5, 5.41) is 10.6. The third kappa shape index (κ3) is 68.6. The van der Waals surface area contributed by atoms with Gasteiger partial charge in [0.25, 0.3) is 0 Å². The molecule has 3 N–H and O–H groups in total. The lowest BCUT2D eigenvalue weighted by atomic mass is 10.0. The Morgan fingerprint density at radius 3 is 0.723 bits per heavy atom. The highest BCUT2D eigenvalue weighted by atomic mass is 31.2. The molecule has 0 spiro atoms. The van der Waals surface area contributed by atoms with Crippen molar-refractivity contribution in [3.05, 3.63) is 0 Å². The maximum Gasteiger partial charge on any atom is 0.472 e. The first-order valence-electron chi connectivity index (χ1n) is 39.0. The number of esters is 4. The van der Waals surface area contributed by atoms with Gasteiger partial charge in [-0.3, -0.25) is 37.3 Å². The van der Waals surface area contributed by atoms with Gasteiger partial charge in [0.2, 0.25) is 0 Å². The summed E-state index contributed by atoms with van der Waals surface area (Å²) >= 11 is 0. The molecule has 0 rings (SSSR count). The second kappa shape index (κ2) is 66.9. The first-order chi connectivity index (χ1) is 45.4. The molecule has 0 aromatic carbocycles. The Balaban J connectivity index is 5.19. The Morgan fingerprint density at radius 1 is 0.287 bits per heavy atom. The molecule has 0 aliphatic rings. The monoisotopic (exact) mass is 1380 g/mol. The Morgan fingerprint density at radius 2 is 0.489 bits per heavy atom. The SMILES string of the molecule is CCCCCCCCCCCCCCCCCCCCCC(=O)O[C@H](COC(=O)CCCCCCCCCCCCCCCC(C)C)COP(=O)(O)OC[C@@H](O)COP(=O)(O)OC[C@@H](COC(=O)CCCCCCCCC)OC(=O)CCCCCCCCCCCC(C)C. The van der Waals surface area contributed by atoms with E-state index in [4.69, 9.17) is 37.0 Å². The van der Waals surface area contributed by atoms with E-state index in [1.165, 1.54) is 193 Å². The molecular weight excluding hydrogens is 1230 g/mol. The summed E-state index contributed by atoms with van der Waals surface area (Å²) in [6.45, 7) is 9.54. The summed E-state index contributed by atoms with van der Waals surface area (Å²) in [5.41, 5.74) is 0. The minimum absolute atomic E-state index is 0.105.